The first kappa shape index (κ1) is 18.9. The Hall–Kier alpha value is -2.47. The number of hydrogen-bond acceptors (Lipinski definition) is 5. The van der Waals surface area contributed by atoms with Crippen LogP contribution in [0.15, 0.2) is 27.4 Å². The quantitative estimate of drug-likeness (QED) is 0.656. The highest BCUT2D eigenvalue weighted by Gasteiger charge is 2.20. The molecule has 1 N–H and O–H groups in total. The van der Waals surface area contributed by atoms with Crippen molar-refractivity contribution < 1.29 is 9.21 Å². The summed E-state index contributed by atoms with van der Waals surface area (Å²) in [5.74, 6) is 0.553. The number of hydrogen-bond donors (Lipinski definition) is 1. The van der Waals surface area contributed by atoms with E-state index in [0.29, 0.717) is 28.6 Å². The second-order valence-electron chi connectivity index (χ2n) is 7.78. The second-order valence-corrected chi connectivity index (χ2v) is 8.86. The summed E-state index contributed by atoms with van der Waals surface area (Å²) >= 11 is 1.58. The first-order valence-corrected chi connectivity index (χ1v) is 10.5. The molecule has 1 aliphatic carbocycles. The average Bonchev–Trinajstić information content (AvgIpc) is 3.02. The number of aromatic nitrogens is 1. The summed E-state index contributed by atoms with van der Waals surface area (Å²) in [6, 6.07) is 5.83. The van der Waals surface area contributed by atoms with E-state index in [0.717, 1.165) is 41.5 Å². The number of nitrogens with zero attached hydrogens (tertiary/aromatic N) is 1. The topological polar surface area (TPSA) is 72.2 Å². The molecule has 0 fully saturated rings. The van der Waals surface area contributed by atoms with Crippen LogP contribution >= 0.6 is 11.3 Å². The minimum atomic E-state index is -0.359. The van der Waals surface area contributed by atoms with E-state index in [1.807, 2.05) is 32.0 Å². The van der Waals surface area contributed by atoms with Crippen molar-refractivity contribution in [3.8, 4) is 0 Å². The number of aryl methyl sites for hydroxylation is 3. The molecule has 146 valence electrons. The molecular formula is C22H24N2O3S. The van der Waals surface area contributed by atoms with Crippen LogP contribution in [0.2, 0.25) is 0 Å². The summed E-state index contributed by atoms with van der Waals surface area (Å²) in [7, 11) is 0. The van der Waals surface area contributed by atoms with E-state index < -0.39 is 0 Å². The van der Waals surface area contributed by atoms with Gasteiger partial charge in [0.25, 0.3) is 0 Å². The van der Waals surface area contributed by atoms with Crippen molar-refractivity contribution in [2.24, 2.45) is 5.92 Å². The Morgan fingerprint density at radius 1 is 1.36 bits per heavy atom. The summed E-state index contributed by atoms with van der Waals surface area (Å²) in [5.41, 5.74) is 3.86. The molecule has 0 radical (unpaired) electrons. The number of thiazole rings is 1. The standard InChI is InChI=1S/C22H24N2O3S/c1-12-4-6-15-14(3)16(21(26)27-18(15)10-12)7-9-20(25)24-22-23-17-8-5-13(2)11-19(17)28-22/h4,6,10,13H,5,7-9,11H2,1-3H3,(H,23,24,25). The number of amides is 1. The molecule has 1 aromatic carbocycles. The fourth-order valence-electron chi connectivity index (χ4n) is 3.80. The SMILES string of the molecule is Cc1ccc2c(C)c(CCC(=O)Nc3nc4c(s3)CC(C)CC4)c(=O)oc2c1. The Balaban J connectivity index is 1.47. The van der Waals surface area contributed by atoms with Gasteiger partial charge in [-0.15, -0.1) is 11.3 Å². The lowest BCUT2D eigenvalue weighted by atomic mass is 9.93. The molecule has 1 atom stereocenters. The minimum absolute atomic E-state index is 0.123. The number of benzene rings is 1. The molecule has 1 amide bonds. The summed E-state index contributed by atoms with van der Waals surface area (Å²) in [5, 5.41) is 4.49. The highest BCUT2D eigenvalue weighted by Crippen LogP contribution is 2.32. The second kappa shape index (κ2) is 7.51. The van der Waals surface area contributed by atoms with Crippen LogP contribution in [0.4, 0.5) is 5.13 Å². The van der Waals surface area contributed by atoms with Crippen LogP contribution < -0.4 is 10.9 Å². The lowest BCUT2D eigenvalue weighted by Crippen LogP contribution is -2.16. The molecule has 0 saturated heterocycles. The zero-order valence-electron chi connectivity index (χ0n) is 16.4. The number of carbonyl (C=O) groups excluding carboxylic acids is 1. The zero-order chi connectivity index (χ0) is 19.8. The third-order valence-corrected chi connectivity index (χ3v) is 6.51. The molecule has 1 aliphatic rings. The molecule has 2 heterocycles. The Kier molecular flexibility index (Phi) is 5.06. The summed E-state index contributed by atoms with van der Waals surface area (Å²) in [6.45, 7) is 6.13. The van der Waals surface area contributed by atoms with Crippen LogP contribution in [0.5, 0.6) is 0 Å². The van der Waals surface area contributed by atoms with Crippen LogP contribution in [0.1, 0.15) is 47.0 Å². The van der Waals surface area contributed by atoms with Gasteiger partial charge in [0.15, 0.2) is 5.13 Å². The van der Waals surface area contributed by atoms with Crippen molar-refractivity contribution >= 4 is 33.3 Å². The molecule has 28 heavy (non-hydrogen) atoms. The van der Waals surface area contributed by atoms with Gasteiger partial charge in [0.2, 0.25) is 5.91 Å². The number of rotatable bonds is 4. The van der Waals surface area contributed by atoms with E-state index in [4.69, 9.17) is 4.42 Å². The van der Waals surface area contributed by atoms with Gasteiger partial charge in [-0.3, -0.25) is 4.79 Å². The Morgan fingerprint density at radius 2 is 2.18 bits per heavy atom. The van der Waals surface area contributed by atoms with Crippen molar-refractivity contribution in [1.82, 2.24) is 4.98 Å². The molecule has 2 aromatic heterocycles. The van der Waals surface area contributed by atoms with Gasteiger partial charge in [0.1, 0.15) is 5.58 Å². The van der Waals surface area contributed by atoms with Crippen molar-refractivity contribution in [3.05, 3.63) is 55.9 Å². The molecule has 0 aliphatic heterocycles. The van der Waals surface area contributed by atoms with Crippen molar-refractivity contribution in [2.75, 3.05) is 5.32 Å². The molecule has 0 spiro atoms. The van der Waals surface area contributed by atoms with Crippen LogP contribution in [-0.4, -0.2) is 10.9 Å². The summed E-state index contributed by atoms with van der Waals surface area (Å²) in [6.07, 6.45) is 3.76. The molecule has 1 unspecified atom stereocenters. The largest absolute Gasteiger partial charge is 0.423 e. The summed E-state index contributed by atoms with van der Waals surface area (Å²) < 4.78 is 5.47. The van der Waals surface area contributed by atoms with Crippen molar-refractivity contribution in [3.63, 3.8) is 0 Å². The Bertz CT molecular complexity index is 1110. The molecular weight excluding hydrogens is 372 g/mol. The predicted octanol–water partition coefficient (Wildman–Crippen LogP) is 4.56. The normalized spacial score (nSPS) is 16.2. The van der Waals surface area contributed by atoms with Gasteiger partial charge in [-0.05, 0) is 62.6 Å². The van der Waals surface area contributed by atoms with Crippen LogP contribution in [0.3, 0.4) is 0 Å². The number of anilines is 1. The van der Waals surface area contributed by atoms with Crippen molar-refractivity contribution in [1.29, 1.82) is 0 Å². The molecule has 4 rings (SSSR count). The van der Waals surface area contributed by atoms with Gasteiger partial charge >= 0.3 is 5.63 Å². The molecule has 5 nitrogen and oxygen atoms in total. The predicted molar refractivity (Wildman–Crippen MR) is 112 cm³/mol. The van der Waals surface area contributed by atoms with E-state index in [1.165, 1.54) is 4.88 Å². The maximum Gasteiger partial charge on any atom is 0.339 e. The van der Waals surface area contributed by atoms with E-state index in [2.05, 4.69) is 17.2 Å². The van der Waals surface area contributed by atoms with E-state index in [1.54, 1.807) is 11.3 Å². The fourth-order valence-corrected chi connectivity index (χ4v) is 4.99. The monoisotopic (exact) mass is 396 g/mol. The highest BCUT2D eigenvalue weighted by atomic mass is 32.1. The lowest BCUT2D eigenvalue weighted by molar-refractivity contribution is -0.116. The highest BCUT2D eigenvalue weighted by molar-refractivity contribution is 7.15. The van der Waals surface area contributed by atoms with E-state index in [9.17, 15) is 9.59 Å². The zero-order valence-corrected chi connectivity index (χ0v) is 17.2. The molecule has 6 heteroatoms. The third kappa shape index (κ3) is 3.74. The average molecular weight is 397 g/mol. The van der Waals surface area contributed by atoms with Crippen molar-refractivity contribution in [2.45, 2.75) is 52.9 Å². The van der Waals surface area contributed by atoms with Gasteiger partial charge in [0, 0.05) is 22.2 Å². The maximum atomic E-state index is 12.4. The number of carbonyl (C=O) groups is 1. The number of nitrogens with one attached hydrogen (secondary N) is 1. The van der Waals surface area contributed by atoms with E-state index in [-0.39, 0.29) is 18.0 Å². The third-order valence-electron chi connectivity index (χ3n) is 5.48. The number of fused-ring (bicyclic) bond motifs is 2. The Morgan fingerprint density at radius 3 is 3.00 bits per heavy atom. The van der Waals surface area contributed by atoms with Gasteiger partial charge in [0.05, 0.1) is 5.69 Å². The smallest absolute Gasteiger partial charge is 0.339 e. The first-order valence-electron chi connectivity index (χ1n) is 9.72. The summed E-state index contributed by atoms with van der Waals surface area (Å²) in [4.78, 5) is 30.7. The minimum Gasteiger partial charge on any atom is -0.423 e. The van der Waals surface area contributed by atoms with Gasteiger partial charge in [-0.2, -0.15) is 0 Å². The van der Waals surface area contributed by atoms with Gasteiger partial charge < -0.3 is 9.73 Å². The van der Waals surface area contributed by atoms with E-state index >= 15 is 0 Å². The van der Waals surface area contributed by atoms with Crippen LogP contribution in [0, 0.1) is 19.8 Å². The fraction of sp³-hybridized carbons (Fsp3) is 0.409. The molecule has 0 bridgehead atoms. The lowest BCUT2D eigenvalue weighted by Gasteiger charge is -2.15. The maximum absolute atomic E-state index is 12.4. The Labute approximate surface area is 167 Å². The van der Waals surface area contributed by atoms with Crippen LogP contribution in [-0.2, 0) is 24.1 Å². The van der Waals surface area contributed by atoms with Gasteiger partial charge in [-0.1, -0.05) is 19.1 Å². The molecule has 0 saturated carbocycles. The van der Waals surface area contributed by atoms with Gasteiger partial charge in [-0.25, -0.2) is 9.78 Å². The van der Waals surface area contributed by atoms with Crippen LogP contribution in [0.25, 0.3) is 11.0 Å². The molecule has 3 aromatic rings. The first-order chi connectivity index (χ1) is 13.4.